The molecule has 1 aromatic carbocycles. The van der Waals surface area contributed by atoms with Gasteiger partial charge in [-0.25, -0.2) is 4.39 Å². The average molecular weight is 242 g/mol. The standard InChI is InChI=1S/C12H17FN2.CH3F/c1-2-10-3-4-12(11(13)9-10)15-7-5-14-6-8-15;1-2/h3-4,9,14H,2,5-8H2,1H3;1H3. The van der Waals surface area contributed by atoms with Crippen LogP contribution < -0.4 is 10.2 Å². The van der Waals surface area contributed by atoms with Crippen molar-refractivity contribution in [1.29, 1.82) is 0 Å². The van der Waals surface area contributed by atoms with Gasteiger partial charge in [0.25, 0.3) is 0 Å². The number of alkyl halides is 1. The molecule has 4 heteroatoms. The zero-order chi connectivity index (χ0) is 12.7. The molecule has 0 spiro atoms. The van der Waals surface area contributed by atoms with Crippen molar-refractivity contribution in [2.24, 2.45) is 0 Å². The van der Waals surface area contributed by atoms with Crippen molar-refractivity contribution in [3.05, 3.63) is 29.6 Å². The first kappa shape index (κ1) is 13.9. The number of nitrogens with one attached hydrogen (secondary N) is 1. The molecular formula is C13H20F2N2. The van der Waals surface area contributed by atoms with Gasteiger partial charge in [-0.05, 0) is 24.1 Å². The molecule has 1 heterocycles. The predicted octanol–water partition coefficient (Wildman–Crippen LogP) is 2.38. The predicted molar refractivity (Wildman–Crippen MR) is 67.9 cm³/mol. The first-order valence-corrected chi connectivity index (χ1v) is 5.93. The Morgan fingerprint density at radius 2 is 1.88 bits per heavy atom. The fourth-order valence-electron chi connectivity index (χ4n) is 1.93. The first-order valence-electron chi connectivity index (χ1n) is 5.93. The highest BCUT2D eigenvalue weighted by atomic mass is 19.1. The molecule has 17 heavy (non-hydrogen) atoms. The third kappa shape index (κ3) is 3.66. The van der Waals surface area contributed by atoms with Crippen LogP contribution in [-0.2, 0) is 6.42 Å². The van der Waals surface area contributed by atoms with Gasteiger partial charge in [0.2, 0.25) is 0 Å². The molecule has 1 aromatic rings. The molecule has 1 N–H and O–H groups in total. The highest BCUT2D eigenvalue weighted by Gasteiger charge is 2.14. The van der Waals surface area contributed by atoms with Crippen LogP contribution in [0.1, 0.15) is 12.5 Å². The van der Waals surface area contributed by atoms with Gasteiger partial charge in [-0.2, -0.15) is 0 Å². The summed E-state index contributed by atoms with van der Waals surface area (Å²) in [6.45, 7) is 5.70. The van der Waals surface area contributed by atoms with Crippen LogP contribution in [0.5, 0.6) is 0 Å². The van der Waals surface area contributed by atoms with E-state index in [4.69, 9.17) is 0 Å². The Balaban J connectivity index is 0.000000686. The Hall–Kier alpha value is -1.16. The molecule has 0 aromatic heterocycles. The van der Waals surface area contributed by atoms with E-state index >= 15 is 0 Å². The summed E-state index contributed by atoms with van der Waals surface area (Å²) in [5, 5.41) is 3.26. The zero-order valence-electron chi connectivity index (χ0n) is 10.5. The first-order chi connectivity index (χ1) is 8.31. The number of hydrogen-bond acceptors (Lipinski definition) is 2. The van der Waals surface area contributed by atoms with E-state index in [1.165, 1.54) is 0 Å². The lowest BCUT2D eigenvalue weighted by Crippen LogP contribution is -2.43. The van der Waals surface area contributed by atoms with Crippen molar-refractivity contribution in [1.82, 2.24) is 5.32 Å². The molecule has 1 fully saturated rings. The number of anilines is 1. The number of piperazine rings is 1. The molecule has 0 aliphatic carbocycles. The molecule has 1 aliphatic heterocycles. The average Bonchev–Trinajstić information content (AvgIpc) is 2.42. The van der Waals surface area contributed by atoms with Gasteiger partial charge in [-0.15, -0.1) is 0 Å². The molecule has 0 bridgehead atoms. The van der Waals surface area contributed by atoms with E-state index in [1.807, 2.05) is 19.1 Å². The minimum Gasteiger partial charge on any atom is -0.367 e. The summed E-state index contributed by atoms with van der Waals surface area (Å²) in [6, 6.07) is 5.57. The van der Waals surface area contributed by atoms with Gasteiger partial charge in [0, 0.05) is 26.2 Å². The zero-order valence-corrected chi connectivity index (χ0v) is 10.5. The molecule has 96 valence electrons. The van der Waals surface area contributed by atoms with E-state index in [0.29, 0.717) is 7.18 Å². The van der Waals surface area contributed by atoms with Gasteiger partial charge < -0.3 is 10.2 Å². The highest BCUT2D eigenvalue weighted by molar-refractivity contribution is 5.49. The van der Waals surface area contributed by atoms with Crippen molar-refractivity contribution in [3.63, 3.8) is 0 Å². The maximum atomic E-state index is 13.8. The second-order valence-corrected chi connectivity index (χ2v) is 3.88. The van der Waals surface area contributed by atoms with Crippen LogP contribution in [0, 0.1) is 5.82 Å². The smallest absolute Gasteiger partial charge is 0.146 e. The Kier molecular flexibility index (Phi) is 5.91. The Morgan fingerprint density at radius 1 is 1.24 bits per heavy atom. The summed E-state index contributed by atoms with van der Waals surface area (Å²) in [5.74, 6) is -0.0868. The lowest BCUT2D eigenvalue weighted by atomic mass is 10.1. The summed E-state index contributed by atoms with van der Waals surface area (Å²) in [5.41, 5.74) is 1.81. The summed E-state index contributed by atoms with van der Waals surface area (Å²) in [7, 11) is 0.500. The van der Waals surface area contributed by atoms with Crippen molar-refractivity contribution in [3.8, 4) is 0 Å². The van der Waals surface area contributed by atoms with Gasteiger partial charge in [0.1, 0.15) is 5.82 Å². The van der Waals surface area contributed by atoms with Crippen LogP contribution in [0.3, 0.4) is 0 Å². The summed E-state index contributed by atoms with van der Waals surface area (Å²) >= 11 is 0. The van der Waals surface area contributed by atoms with Crippen LogP contribution in [0.25, 0.3) is 0 Å². The number of rotatable bonds is 2. The monoisotopic (exact) mass is 242 g/mol. The van der Waals surface area contributed by atoms with Crippen molar-refractivity contribution in [2.45, 2.75) is 13.3 Å². The maximum Gasteiger partial charge on any atom is 0.146 e. The van der Waals surface area contributed by atoms with Crippen LogP contribution in [0.4, 0.5) is 14.5 Å². The van der Waals surface area contributed by atoms with E-state index in [1.54, 1.807) is 6.07 Å². The quantitative estimate of drug-likeness (QED) is 0.856. The second-order valence-electron chi connectivity index (χ2n) is 3.88. The lowest BCUT2D eigenvalue weighted by Gasteiger charge is -2.29. The minimum atomic E-state index is -0.0868. The number of benzene rings is 1. The van der Waals surface area contributed by atoms with Crippen molar-refractivity contribution in [2.75, 3.05) is 38.3 Å². The van der Waals surface area contributed by atoms with Gasteiger partial charge in [-0.1, -0.05) is 13.0 Å². The second kappa shape index (κ2) is 7.22. The molecular weight excluding hydrogens is 222 g/mol. The van der Waals surface area contributed by atoms with Crippen LogP contribution in [-0.4, -0.2) is 33.4 Å². The third-order valence-corrected chi connectivity index (χ3v) is 2.88. The fraction of sp³-hybridized carbons (Fsp3) is 0.538. The fourth-order valence-corrected chi connectivity index (χ4v) is 1.93. The van der Waals surface area contributed by atoms with E-state index in [2.05, 4.69) is 10.2 Å². The molecule has 0 atom stereocenters. The van der Waals surface area contributed by atoms with E-state index in [0.717, 1.165) is 43.9 Å². The van der Waals surface area contributed by atoms with Crippen molar-refractivity contribution >= 4 is 5.69 Å². The Bertz CT molecular complexity index is 336. The number of hydrogen-bond donors (Lipinski definition) is 1. The van der Waals surface area contributed by atoms with E-state index < -0.39 is 0 Å². The molecule has 2 nitrogen and oxygen atoms in total. The number of halogens is 2. The summed E-state index contributed by atoms with van der Waals surface area (Å²) in [6.07, 6.45) is 0.888. The van der Waals surface area contributed by atoms with Crippen LogP contribution >= 0.6 is 0 Å². The van der Waals surface area contributed by atoms with Gasteiger partial charge in [0.05, 0.1) is 12.9 Å². The molecule has 1 aliphatic rings. The normalized spacial score (nSPS) is 15.2. The van der Waals surface area contributed by atoms with Gasteiger partial charge in [-0.3, -0.25) is 4.39 Å². The van der Waals surface area contributed by atoms with Gasteiger partial charge >= 0.3 is 0 Å². The maximum absolute atomic E-state index is 13.8. The topological polar surface area (TPSA) is 15.3 Å². The Labute approximate surface area is 102 Å². The van der Waals surface area contributed by atoms with E-state index in [-0.39, 0.29) is 5.82 Å². The summed E-state index contributed by atoms with van der Waals surface area (Å²) in [4.78, 5) is 2.10. The van der Waals surface area contributed by atoms with E-state index in [9.17, 15) is 8.78 Å². The van der Waals surface area contributed by atoms with Crippen molar-refractivity contribution < 1.29 is 8.78 Å². The highest BCUT2D eigenvalue weighted by Crippen LogP contribution is 2.21. The number of nitrogens with zero attached hydrogens (tertiary/aromatic N) is 1. The minimum absolute atomic E-state index is 0.0868. The number of aryl methyl sites for hydroxylation is 1. The Morgan fingerprint density at radius 3 is 2.41 bits per heavy atom. The van der Waals surface area contributed by atoms with Gasteiger partial charge in [0.15, 0.2) is 0 Å². The van der Waals surface area contributed by atoms with Crippen LogP contribution in [0.2, 0.25) is 0 Å². The summed E-state index contributed by atoms with van der Waals surface area (Å²) < 4.78 is 23.3. The molecule has 2 rings (SSSR count). The molecule has 0 amide bonds. The largest absolute Gasteiger partial charge is 0.367 e. The molecule has 1 saturated heterocycles. The van der Waals surface area contributed by atoms with Crippen LogP contribution in [0.15, 0.2) is 18.2 Å². The lowest BCUT2D eigenvalue weighted by molar-refractivity contribution is 0.565. The molecule has 0 unspecified atom stereocenters. The molecule has 0 radical (unpaired) electrons. The SMILES string of the molecule is CCc1ccc(N2CCNCC2)c(F)c1.CF. The molecule has 0 saturated carbocycles. The third-order valence-electron chi connectivity index (χ3n) is 2.88.